The number of carbonyl (C=O) groups excluding carboxylic acids is 2. The molecule has 0 spiro atoms. The summed E-state index contributed by atoms with van der Waals surface area (Å²) >= 11 is 0. The molecule has 2 aliphatic heterocycles. The maximum Gasteiger partial charge on any atom is 0.242 e. The van der Waals surface area contributed by atoms with Gasteiger partial charge in [-0.05, 0) is 18.1 Å². The molecule has 19 heavy (non-hydrogen) atoms. The summed E-state index contributed by atoms with van der Waals surface area (Å²) in [6.45, 7) is 0.472. The van der Waals surface area contributed by atoms with E-state index in [1.807, 2.05) is 24.3 Å². The highest BCUT2D eigenvalue weighted by Crippen LogP contribution is 2.27. The molecule has 100 valence electrons. The number of carbonyl (C=O) groups is 2. The number of nitrogens with one attached hydrogen (secondary N) is 2. The molecule has 0 radical (unpaired) electrons. The highest BCUT2D eigenvalue weighted by atomic mass is 16.5. The number of benzene rings is 1. The Hall–Kier alpha value is -2.04. The summed E-state index contributed by atoms with van der Waals surface area (Å²) in [7, 11) is 0. The standard InChI is InChI=1S/C14H16N2O3/c17-13-6-5-11(16-13)14(18)15-8-10-7-9-3-1-2-4-12(9)19-10/h1-4,10-11H,5-8H2,(H,15,18)(H,16,17)/t10-,11-/m0/s1. The van der Waals surface area contributed by atoms with Crippen LogP contribution in [0.2, 0.25) is 0 Å². The third-order valence-corrected chi connectivity index (χ3v) is 3.53. The van der Waals surface area contributed by atoms with Gasteiger partial charge in [0.1, 0.15) is 17.9 Å². The first-order chi connectivity index (χ1) is 9.22. The van der Waals surface area contributed by atoms with Crippen LogP contribution in [-0.4, -0.2) is 30.5 Å². The van der Waals surface area contributed by atoms with Crippen LogP contribution in [0.5, 0.6) is 5.75 Å². The molecule has 0 aromatic heterocycles. The minimum atomic E-state index is -0.378. The number of ether oxygens (including phenoxy) is 1. The Morgan fingerprint density at radius 1 is 1.42 bits per heavy atom. The van der Waals surface area contributed by atoms with Gasteiger partial charge in [-0.2, -0.15) is 0 Å². The van der Waals surface area contributed by atoms with E-state index < -0.39 is 0 Å². The Kier molecular flexibility index (Phi) is 3.11. The quantitative estimate of drug-likeness (QED) is 0.826. The van der Waals surface area contributed by atoms with Crippen LogP contribution < -0.4 is 15.4 Å². The van der Waals surface area contributed by atoms with Gasteiger partial charge >= 0.3 is 0 Å². The number of amides is 2. The third-order valence-electron chi connectivity index (χ3n) is 3.53. The van der Waals surface area contributed by atoms with Gasteiger partial charge in [-0.1, -0.05) is 18.2 Å². The lowest BCUT2D eigenvalue weighted by molar-refractivity contribution is -0.126. The summed E-state index contributed by atoms with van der Waals surface area (Å²) in [5.74, 6) is 0.728. The summed E-state index contributed by atoms with van der Waals surface area (Å²) < 4.78 is 5.74. The Labute approximate surface area is 111 Å². The molecule has 0 aliphatic carbocycles. The number of hydrogen-bond donors (Lipinski definition) is 2. The fourth-order valence-corrected chi connectivity index (χ4v) is 2.52. The van der Waals surface area contributed by atoms with Gasteiger partial charge in [0.25, 0.3) is 0 Å². The zero-order valence-corrected chi connectivity index (χ0v) is 10.5. The van der Waals surface area contributed by atoms with Crippen molar-refractivity contribution in [1.29, 1.82) is 0 Å². The molecule has 2 heterocycles. The molecule has 0 unspecified atom stereocenters. The number of rotatable bonds is 3. The van der Waals surface area contributed by atoms with E-state index in [0.717, 1.165) is 12.2 Å². The SMILES string of the molecule is O=C1CC[C@@H](C(=O)NC[C@@H]2Cc3ccccc3O2)N1. The zero-order valence-electron chi connectivity index (χ0n) is 10.5. The number of para-hydroxylation sites is 1. The topological polar surface area (TPSA) is 67.4 Å². The maximum atomic E-state index is 11.8. The molecule has 1 aromatic rings. The Bertz CT molecular complexity index is 490. The van der Waals surface area contributed by atoms with Crippen LogP contribution >= 0.6 is 0 Å². The van der Waals surface area contributed by atoms with Crippen molar-refractivity contribution < 1.29 is 14.3 Å². The van der Waals surface area contributed by atoms with Crippen molar-refractivity contribution in [2.24, 2.45) is 0 Å². The number of hydrogen-bond acceptors (Lipinski definition) is 3. The molecule has 1 saturated heterocycles. The van der Waals surface area contributed by atoms with E-state index in [2.05, 4.69) is 10.6 Å². The summed E-state index contributed by atoms with van der Waals surface area (Å²) in [5, 5.41) is 5.50. The van der Waals surface area contributed by atoms with Crippen molar-refractivity contribution >= 4 is 11.8 Å². The fourth-order valence-electron chi connectivity index (χ4n) is 2.52. The lowest BCUT2D eigenvalue weighted by Gasteiger charge is -2.14. The van der Waals surface area contributed by atoms with E-state index in [4.69, 9.17) is 4.74 Å². The van der Waals surface area contributed by atoms with Crippen LogP contribution in [-0.2, 0) is 16.0 Å². The minimum Gasteiger partial charge on any atom is -0.488 e. The van der Waals surface area contributed by atoms with Crippen LogP contribution in [0.1, 0.15) is 18.4 Å². The summed E-state index contributed by atoms with van der Waals surface area (Å²) in [5.41, 5.74) is 1.18. The molecule has 2 aliphatic rings. The molecule has 0 saturated carbocycles. The van der Waals surface area contributed by atoms with E-state index in [-0.39, 0.29) is 24.0 Å². The number of fused-ring (bicyclic) bond motifs is 1. The van der Waals surface area contributed by atoms with Crippen LogP contribution in [0.25, 0.3) is 0 Å². The van der Waals surface area contributed by atoms with Crippen LogP contribution in [0.3, 0.4) is 0 Å². The van der Waals surface area contributed by atoms with Gasteiger partial charge in [-0.3, -0.25) is 9.59 Å². The molecular formula is C14H16N2O3. The molecular weight excluding hydrogens is 244 g/mol. The van der Waals surface area contributed by atoms with Crippen molar-refractivity contribution in [2.45, 2.75) is 31.4 Å². The molecule has 2 N–H and O–H groups in total. The molecule has 1 aromatic carbocycles. The highest BCUT2D eigenvalue weighted by molar-refractivity contribution is 5.90. The lowest BCUT2D eigenvalue weighted by atomic mass is 10.1. The molecule has 1 fully saturated rings. The molecule has 0 bridgehead atoms. The van der Waals surface area contributed by atoms with Crippen molar-refractivity contribution in [3.63, 3.8) is 0 Å². The van der Waals surface area contributed by atoms with Gasteiger partial charge in [-0.25, -0.2) is 0 Å². The molecule has 5 heteroatoms. The summed E-state index contributed by atoms with van der Waals surface area (Å²) in [6, 6.07) is 7.52. The highest BCUT2D eigenvalue weighted by Gasteiger charge is 2.28. The van der Waals surface area contributed by atoms with Crippen molar-refractivity contribution in [2.75, 3.05) is 6.54 Å². The predicted molar refractivity (Wildman–Crippen MR) is 68.7 cm³/mol. The van der Waals surface area contributed by atoms with E-state index in [1.54, 1.807) is 0 Å². The second kappa shape index (κ2) is 4.91. The van der Waals surface area contributed by atoms with E-state index in [9.17, 15) is 9.59 Å². The molecule has 5 nitrogen and oxygen atoms in total. The first-order valence-corrected chi connectivity index (χ1v) is 6.54. The second-order valence-electron chi connectivity index (χ2n) is 4.96. The van der Waals surface area contributed by atoms with E-state index in [0.29, 0.717) is 19.4 Å². The van der Waals surface area contributed by atoms with E-state index >= 15 is 0 Å². The van der Waals surface area contributed by atoms with Gasteiger partial charge < -0.3 is 15.4 Å². The van der Waals surface area contributed by atoms with Gasteiger partial charge in [-0.15, -0.1) is 0 Å². The van der Waals surface area contributed by atoms with Crippen LogP contribution in [0.15, 0.2) is 24.3 Å². The summed E-state index contributed by atoms with van der Waals surface area (Å²) in [6.07, 6.45) is 1.81. The lowest BCUT2D eigenvalue weighted by Crippen LogP contribution is -2.44. The normalized spacial score (nSPS) is 24.5. The van der Waals surface area contributed by atoms with Crippen molar-refractivity contribution in [3.8, 4) is 5.75 Å². The average molecular weight is 260 g/mol. The van der Waals surface area contributed by atoms with Crippen molar-refractivity contribution in [1.82, 2.24) is 10.6 Å². The fraction of sp³-hybridized carbons (Fsp3) is 0.429. The minimum absolute atomic E-state index is 0.0153. The Morgan fingerprint density at radius 3 is 3.00 bits per heavy atom. The largest absolute Gasteiger partial charge is 0.488 e. The van der Waals surface area contributed by atoms with Gasteiger partial charge in [0.15, 0.2) is 0 Å². The van der Waals surface area contributed by atoms with Crippen LogP contribution in [0.4, 0.5) is 0 Å². The third kappa shape index (κ3) is 2.54. The smallest absolute Gasteiger partial charge is 0.242 e. The molecule has 2 atom stereocenters. The molecule has 2 amide bonds. The maximum absolute atomic E-state index is 11.8. The second-order valence-corrected chi connectivity index (χ2v) is 4.96. The van der Waals surface area contributed by atoms with Crippen molar-refractivity contribution in [3.05, 3.63) is 29.8 Å². The first kappa shape index (κ1) is 12.0. The van der Waals surface area contributed by atoms with Gasteiger partial charge in [0.05, 0.1) is 6.54 Å². The van der Waals surface area contributed by atoms with Gasteiger partial charge in [0.2, 0.25) is 11.8 Å². The van der Waals surface area contributed by atoms with Gasteiger partial charge in [0, 0.05) is 12.8 Å². The first-order valence-electron chi connectivity index (χ1n) is 6.54. The Balaban J connectivity index is 1.49. The van der Waals surface area contributed by atoms with E-state index in [1.165, 1.54) is 5.56 Å². The Morgan fingerprint density at radius 2 is 2.26 bits per heavy atom. The average Bonchev–Trinajstić information content (AvgIpc) is 3.01. The summed E-state index contributed by atoms with van der Waals surface area (Å²) in [4.78, 5) is 22.9. The predicted octanol–water partition coefficient (Wildman–Crippen LogP) is 0.385. The zero-order chi connectivity index (χ0) is 13.2. The monoisotopic (exact) mass is 260 g/mol. The van der Waals surface area contributed by atoms with Crippen LogP contribution in [0, 0.1) is 0 Å². The molecule has 3 rings (SSSR count).